The highest BCUT2D eigenvalue weighted by Gasteiger charge is 2.26. The Balaban J connectivity index is 2.40. The fourth-order valence-electron chi connectivity index (χ4n) is 2.01. The molecule has 2 rings (SSSR count). The zero-order valence-electron chi connectivity index (χ0n) is 9.39. The molecular weight excluding hydrogens is 245 g/mol. The second kappa shape index (κ2) is 4.82. The molecule has 0 bridgehead atoms. The summed E-state index contributed by atoms with van der Waals surface area (Å²) < 4.78 is 5.59. The van der Waals surface area contributed by atoms with Crippen LogP contribution in [0.1, 0.15) is 31.9 Å². The van der Waals surface area contributed by atoms with Crippen molar-refractivity contribution in [2.75, 3.05) is 6.61 Å². The molecule has 0 fully saturated rings. The van der Waals surface area contributed by atoms with Crippen LogP contribution in [0.5, 0.6) is 5.75 Å². The lowest BCUT2D eigenvalue weighted by atomic mass is 9.99. The highest BCUT2D eigenvalue weighted by molar-refractivity contribution is 6.35. The fraction of sp³-hybridized carbons (Fsp3) is 0.500. The summed E-state index contributed by atoms with van der Waals surface area (Å²) in [7, 11) is 0. The van der Waals surface area contributed by atoms with Gasteiger partial charge in [0.05, 0.1) is 11.6 Å². The number of benzene rings is 1. The minimum atomic E-state index is 0.231. The van der Waals surface area contributed by atoms with Crippen LogP contribution in [0.15, 0.2) is 12.1 Å². The minimum Gasteiger partial charge on any atom is -0.492 e. The lowest BCUT2D eigenvalue weighted by Crippen LogP contribution is -2.32. The average molecular weight is 260 g/mol. The lowest BCUT2D eigenvalue weighted by molar-refractivity contribution is 0.248. The van der Waals surface area contributed by atoms with Crippen molar-refractivity contribution in [2.24, 2.45) is 0 Å². The molecule has 0 radical (unpaired) electrons. The van der Waals surface area contributed by atoms with E-state index in [1.807, 2.05) is 6.07 Å². The zero-order valence-corrected chi connectivity index (χ0v) is 10.9. The summed E-state index contributed by atoms with van der Waals surface area (Å²) in [6.07, 6.45) is 0.922. The van der Waals surface area contributed by atoms with Gasteiger partial charge in [0, 0.05) is 29.1 Å². The predicted octanol–water partition coefficient (Wildman–Crippen LogP) is 3.82. The highest BCUT2D eigenvalue weighted by atomic mass is 35.5. The first kappa shape index (κ1) is 12.0. The van der Waals surface area contributed by atoms with Crippen molar-refractivity contribution in [2.45, 2.75) is 32.4 Å². The summed E-state index contributed by atoms with van der Waals surface area (Å²) in [5.41, 5.74) is 0.995. The van der Waals surface area contributed by atoms with E-state index in [0.29, 0.717) is 17.7 Å². The van der Waals surface area contributed by atoms with Gasteiger partial charge in [-0.2, -0.15) is 0 Å². The van der Waals surface area contributed by atoms with Gasteiger partial charge in [-0.05, 0) is 12.1 Å². The first-order valence-corrected chi connectivity index (χ1v) is 6.22. The molecule has 1 N–H and O–H groups in total. The molecule has 1 atom stereocenters. The van der Waals surface area contributed by atoms with Crippen LogP contribution in [0.2, 0.25) is 10.0 Å². The Morgan fingerprint density at radius 1 is 1.31 bits per heavy atom. The summed E-state index contributed by atoms with van der Waals surface area (Å²) in [6, 6.07) is 4.24. The molecule has 0 amide bonds. The van der Waals surface area contributed by atoms with Gasteiger partial charge in [-0.3, -0.25) is 0 Å². The van der Waals surface area contributed by atoms with Crippen LogP contribution in [0.4, 0.5) is 0 Å². The standard InChI is InChI=1S/C12H15Cl2NO/c1-7(2)15-10-5-6-16-12-9(14)4-3-8(13)11(10)12/h3-4,7,10,15H,5-6H2,1-2H3. The molecule has 1 aromatic rings. The number of halogens is 2. The quantitative estimate of drug-likeness (QED) is 0.872. The number of hydrogen-bond acceptors (Lipinski definition) is 2. The van der Waals surface area contributed by atoms with Gasteiger partial charge in [-0.1, -0.05) is 37.0 Å². The normalized spacial score (nSPS) is 19.4. The second-order valence-electron chi connectivity index (χ2n) is 4.28. The maximum absolute atomic E-state index is 6.21. The van der Waals surface area contributed by atoms with Crippen LogP contribution >= 0.6 is 23.2 Å². The molecule has 1 unspecified atom stereocenters. The van der Waals surface area contributed by atoms with Gasteiger partial charge in [-0.15, -0.1) is 0 Å². The van der Waals surface area contributed by atoms with Crippen molar-refractivity contribution in [3.63, 3.8) is 0 Å². The van der Waals surface area contributed by atoms with E-state index in [2.05, 4.69) is 19.2 Å². The first-order chi connectivity index (χ1) is 7.59. The topological polar surface area (TPSA) is 21.3 Å². The average Bonchev–Trinajstić information content (AvgIpc) is 2.23. The molecule has 1 aromatic carbocycles. The SMILES string of the molecule is CC(C)NC1CCOc2c(Cl)ccc(Cl)c21. The van der Waals surface area contributed by atoms with E-state index in [0.717, 1.165) is 22.8 Å². The van der Waals surface area contributed by atoms with Crippen molar-refractivity contribution in [1.82, 2.24) is 5.32 Å². The highest BCUT2D eigenvalue weighted by Crippen LogP contribution is 2.42. The number of nitrogens with one attached hydrogen (secondary N) is 1. The summed E-state index contributed by atoms with van der Waals surface area (Å²) >= 11 is 12.3. The fourth-order valence-corrected chi connectivity index (χ4v) is 2.51. The van der Waals surface area contributed by atoms with E-state index in [-0.39, 0.29) is 6.04 Å². The molecular formula is C12H15Cl2NO. The van der Waals surface area contributed by atoms with Crippen LogP contribution in [0.25, 0.3) is 0 Å². The van der Waals surface area contributed by atoms with E-state index >= 15 is 0 Å². The smallest absolute Gasteiger partial charge is 0.144 e. The van der Waals surface area contributed by atoms with E-state index < -0.39 is 0 Å². The maximum Gasteiger partial charge on any atom is 0.144 e. The Kier molecular flexibility index (Phi) is 3.63. The third kappa shape index (κ3) is 2.29. The van der Waals surface area contributed by atoms with Gasteiger partial charge in [0.1, 0.15) is 5.75 Å². The number of rotatable bonds is 2. The van der Waals surface area contributed by atoms with Crippen LogP contribution in [-0.2, 0) is 0 Å². The molecule has 1 aliphatic heterocycles. The number of hydrogen-bond donors (Lipinski definition) is 1. The monoisotopic (exact) mass is 259 g/mol. The van der Waals surface area contributed by atoms with Crippen molar-refractivity contribution >= 4 is 23.2 Å². The first-order valence-electron chi connectivity index (χ1n) is 5.46. The van der Waals surface area contributed by atoms with Gasteiger partial charge < -0.3 is 10.1 Å². The second-order valence-corrected chi connectivity index (χ2v) is 5.10. The predicted molar refractivity (Wildman–Crippen MR) is 67.6 cm³/mol. The van der Waals surface area contributed by atoms with Gasteiger partial charge in [0.2, 0.25) is 0 Å². The molecule has 4 heteroatoms. The van der Waals surface area contributed by atoms with E-state index in [1.165, 1.54) is 0 Å². The third-order valence-electron chi connectivity index (χ3n) is 2.63. The molecule has 16 heavy (non-hydrogen) atoms. The van der Waals surface area contributed by atoms with E-state index in [4.69, 9.17) is 27.9 Å². The Morgan fingerprint density at radius 2 is 2.00 bits per heavy atom. The van der Waals surface area contributed by atoms with Crippen LogP contribution in [-0.4, -0.2) is 12.6 Å². The summed E-state index contributed by atoms with van der Waals surface area (Å²) in [5, 5.41) is 4.84. The number of fused-ring (bicyclic) bond motifs is 1. The van der Waals surface area contributed by atoms with Gasteiger partial charge in [-0.25, -0.2) is 0 Å². The molecule has 2 nitrogen and oxygen atoms in total. The Hall–Kier alpha value is -0.440. The zero-order chi connectivity index (χ0) is 11.7. The molecule has 1 aliphatic rings. The van der Waals surface area contributed by atoms with Gasteiger partial charge >= 0.3 is 0 Å². The lowest BCUT2D eigenvalue weighted by Gasteiger charge is -2.29. The largest absolute Gasteiger partial charge is 0.492 e. The summed E-state index contributed by atoms with van der Waals surface area (Å²) in [5.74, 6) is 0.735. The minimum absolute atomic E-state index is 0.231. The van der Waals surface area contributed by atoms with Crippen molar-refractivity contribution in [1.29, 1.82) is 0 Å². The Labute approximate surface area is 106 Å². The molecule has 88 valence electrons. The molecule has 0 saturated heterocycles. The molecule has 0 aliphatic carbocycles. The molecule has 0 spiro atoms. The maximum atomic E-state index is 6.21. The summed E-state index contributed by atoms with van der Waals surface area (Å²) in [4.78, 5) is 0. The van der Waals surface area contributed by atoms with Gasteiger partial charge in [0.25, 0.3) is 0 Å². The molecule has 0 saturated carbocycles. The molecule has 0 aromatic heterocycles. The molecule has 1 heterocycles. The Bertz CT molecular complexity index is 393. The van der Waals surface area contributed by atoms with E-state index in [1.54, 1.807) is 6.07 Å². The van der Waals surface area contributed by atoms with Crippen molar-refractivity contribution in [3.8, 4) is 5.75 Å². The summed E-state index contributed by atoms with van der Waals surface area (Å²) in [6.45, 7) is 4.92. The van der Waals surface area contributed by atoms with Crippen LogP contribution in [0, 0.1) is 0 Å². The van der Waals surface area contributed by atoms with Crippen molar-refractivity contribution < 1.29 is 4.74 Å². The van der Waals surface area contributed by atoms with Crippen LogP contribution < -0.4 is 10.1 Å². The van der Waals surface area contributed by atoms with E-state index in [9.17, 15) is 0 Å². The van der Waals surface area contributed by atoms with Crippen molar-refractivity contribution in [3.05, 3.63) is 27.7 Å². The van der Waals surface area contributed by atoms with Crippen LogP contribution in [0.3, 0.4) is 0 Å². The third-order valence-corrected chi connectivity index (χ3v) is 3.26. The number of ether oxygens (including phenoxy) is 1. The Morgan fingerprint density at radius 3 is 2.69 bits per heavy atom. The van der Waals surface area contributed by atoms with Gasteiger partial charge in [0.15, 0.2) is 0 Å².